The van der Waals surface area contributed by atoms with Gasteiger partial charge in [0.1, 0.15) is 0 Å². The van der Waals surface area contributed by atoms with Gasteiger partial charge in [-0.1, -0.05) is 70.3 Å². The number of carbonyl (C=O) groups excluding carboxylic acids is 1. The van der Waals surface area contributed by atoms with E-state index in [1.807, 2.05) is 0 Å². The lowest BCUT2D eigenvalue weighted by molar-refractivity contribution is -0.140. The normalized spacial score (nSPS) is 13.0. The van der Waals surface area contributed by atoms with Gasteiger partial charge in [0.25, 0.3) is 0 Å². The average molecular weight is 323 g/mol. The van der Waals surface area contributed by atoms with Crippen molar-refractivity contribution in [3.05, 3.63) is 24.3 Å². The highest BCUT2D eigenvalue weighted by atomic mass is 16.5. The van der Waals surface area contributed by atoms with Gasteiger partial charge in [-0.25, -0.2) is 0 Å². The largest absolute Gasteiger partial charge is 0.469 e. The van der Waals surface area contributed by atoms with Gasteiger partial charge in [-0.15, -0.1) is 0 Å². The van der Waals surface area contributed by atoms with Gasteiger partial charge in [-0.3, -0.25) is 4.79 Å². The number of ether oxygens (including phenoxy) is 1. The lowest BCUT2D eigenvalue weighted by Gasteiger charge is -2.06. The van der Waals surface area contributed by atoms with Crippen LogP contribution in [0.15, 0.2) is 24.3 Å². The first-order valence-corrected chi connectivity index (χ1v) is 9.57. The van der Waals surface area contributed by atoms with Crippen molar-refractivity contribution in [2.24, 2.45) is 5.92 Å². The smallest absolute Gasteiger partial charge is 0.305 e. The number of rotatable bonds is 15. The Balaban J connectivity index is 3.27. The summed E-state index contributed by atoms with van der Waals surface area (Å²) < 4.78 is 4.61. The predicted octanol–water partition coefficient (Wildman–Crippen LogP) is 6.61. The highest BCUT2D eigenvalue weighted by Crippen LogP contribution is 2.13. The van der Waals surface area contributed by atoms with Crippen LogP contribution in [0.1, 0.15) is 90.9 Å². The van der Waals surface area contributed by atoms with Gasteiger partial charge >= 0.3 is 5.97 Å². The van der Waals surface area contributed by atoms with Crippen LogP contribution in [0, 0.1) is 5.92 Å². The molecule has 0 spiro atoms. The number of allylic oxidation sites excluding steroid dienone is 4. The maximum atomic E-state index is 10.9. The van der Waals surface area contributed by atoms with Crippen molar-refractivity contribution in [3.63, 3.8) is 0 Å². The summed E-state index contributed by atoms with van der Waals surface area (Å²) in [4.78, 5) is 10.9. The van der Waals surface area contributed by atoms with Gasteiger partial charge in [0.05, 0.1) is 7.11 Å². The van der Waals surface area contributed by atoms with E-state index in [9.17, 15) is 4.79 Å². The quantitative estimate of drug-likeness (QED) is 0.193. The second-order valence-corrected chi connectivity index (χ2v) is 6.49. The number of carbonyl (C=O) groups is 1. The van der Waals surface area contributed by atoms with Crippen LogP contribution in [0.2, 0.25) is 0 Å². The molecule has 0 fully saturated rings. The monoisotopic (exact) mass is 322 g/mol. The predicted molar refractivity (Wildman–Crippen MR) is 101 cm³/mol. The van der Waals surface area contributed by atoms with Crippen LogP contribution in [-0.2, 0) is 9.53 Å². The third kappa shape index (κ3) is 17.1. The van der Waals surface area contributed by atoms with E-state index in [0.29, 0.717) is 6.42 Å². The Bertz CT molecular complexity index is 318. The summed E-state index contributed by atoms with van der Waals surface area (Å²) in [5.41, 5.74) is 0. The Labute approximate surface area is 144 Å². The van der Waals surface area contributed by atoms with Gasteiger partial charge in [0.15, 0.2) is 0 Å². The maximum Gasteiger partial charge on any atom is 0.305 e. The molecule has 2 heteroatoms. The summed E-state index contributed by atoms with van der Waals surface area (Å²) in [6, 6.07) is 0. The molecule has 0 aliphatic carbocycles. The molecule has 0 bridgehead atoms. The zero-order chi connectivity index (χ0) is 17.2. The van der Waals surface area contributed by atoms with Gasteiger partial charge < -0.3 is 4.74 Å². The Morgan fingerprint density at radius 3 is 2.04 bits per heavy atom. The zero-order valence-electron chi connectivity index (χ0n) is 15.7. The summed E-state index contributed by atoms with van der Waals surface area (Å²) in [6.45, 7) is 4.64. The van der Waals surface area contributed by atoms with Crippen LogP contribution in [0.4, 0.5) is 0 Å². The molecule has 0 aliphatic heterocycles. The van der Waals surface area contributed by atoms with E-state index >= 15 is 0 Å². The first-order chi connectivity index (χ1) is 11.2. The first-order valence-electron chi connectivity index (χ1n) is 9.57. The number of hydrogen-bond donors (Lipinski definition) is 0. The third-order valence-corrected chi connectivity index (χ3v) is 4.33. The average Bonchev–Trinajstić information content (AvgIpc) is 2.57. The Hall–Kier alpha value is -1.05. The van der Waals surface area contributed by atoms with Crippen molar-refractivity contribution in [1.82, 2.24) is 0 Å². The lowest BCUT2D eigenvalue weighted by Crippen LogP contribution is -1.98. The number of unbranched alkanes of at least 4 members (excludes halogenated alkanes) is 6. The molecule has 2 nitrogen and oxygen atoms in total. The van der Waals surface area contributed by atoms with E-state index in [4.69, 9.17) is 0 Å². The molecule has 0 heterocycles. The molecular weight excluding hydrogens is 284 g/mol. The fourth-order valence-electron chi connectivity index (χ4n) is 2.44. The second-order valence-electron chi connectivity index (χ2n) is 6.49. The van der Waals surface area contributed by atoms with E-state index in [1.165, 1.54) is 52.1 Å². The van der Waals surface area contributed by atoms with E-state index in [0.717, 1.165) is 31.6 Å². The van der Waals surface area contributed by atoms with Gasteiger partial charge in [0, 0.05) is 6.42 Å². The van der Waals surface area contributed by atoms with Crippen molar-refractivity contribution in [2.45, 2.75) is 90.9 Å². The molecule has 134 valence electrons. The molecule has 0 aromatic rings. The van der Waals surface area contributed by atoms with Crippen LogP contribution >= 0.6 is 0 Å². The summed E-state index contributed by atoms with van der Waals surface area (Å²) in [6.07, 6.45) is 23.1. The molecule has 0 amide bonds. The summed E-state index contributed by atoms with van der Waals surface area (Å²) >= 11 is 0. The molecule has 0 aromatic carbocycles. The fourth-order valence-corrected chi connectivity index (χ4v) is 2.44. The molecule has 1 atom stereocenters. The summed E-state index contributed by atoms with van der Waals surface area (Å²) in [7, 11) is 1.44. The minimum absolute atomic E-state index is 0.110. The third-order valence-electron chi connectivity index (χ3n) is 4.33. The Kier molecular flexibility index (Phi) is 16.5. The minimum Gasteiger partial charge on any atom is -0.469 e. The fraction of sp³-hybridized carbons (Fsp3) is 0.762. The van der Waals surface area contributed by atoms with Crippen LogP contribution in [-0.4, -0.2) is 13.1 Å². The maximum absolute atomic E-state index is 10.9. The van der Waals surface area contributed by atoms with Crippen molar-refractivity contribution in [2.75, 3.05) is 7.11 Å². The van der Waals surface area contributed by atoms with E-state index < -0.39 is 0 Å². The SMILES string of the molecule is CC[C@@H](C)CCCCCCC=CCCC=CCCCC(=O)OC. The van der Waals surface area contributed by atoms with Crippen LogP contribution in [0.25, 0.3) is 0 Å². The molecule has 0 saturated heterocycles. The number of methoxy groups -OCH3 is 1. The molecule has 0 aliphatic rings. The summed E-state index contributed by atoms with van der Waals surface area (Å²) in [5, 5.41) is 0. The number of hydrogen-bond acceptors (Lipinski definition) is 2. The van der Waals surface area contributed by atoms with Gasteiger partial charge in [0.2, 0.25) is 0 Å². The van der Waals surface area contributed by atoms with Gasteiger partial charge in [-0.2, -0.15) is 0 Å². The molecule has 0 rings (SSSR count). The van der Waals surface area contributed by atoms with Crippen molar-refractivity contribution < 1.29 is 9.53 Å². The zero-order valence-corrected chi connectivity index (χ0v) is 15.7. The van der Waals surface area contributed by atoms with Gasteiger partial charge in [-0.05, 0) is 44.4 Å². The topological polar surface area (TPSA) is 26.3 Å². The first kappa shape index (κ1) is 21.9. The van der Waals surface area contributed by atoms with Crippen LogP contribution < -0.4 is 0 Å². The number of esters is 1. The van der Waals surface area contributed by atoms with Crippen LogP contribution in [0.3, 0.4) is 0 Å². The van der Waals surface area contributed by atoms with E-state index in [-0.39, 0.29) is 5.97 Å². The minimum atomic E-state index is -0.110. The molecular formula is C21H38O2. The standard InChI is InChI=1S/C21H38O2/c1-4-20(2)18-16-14-12-10-8-6-5-7-9-11-13-15-17-19-21(22)23-3/h5-6,11,13,20H,4,7-10,12,14-19H2,1-3H3/t20-/m1/s1. The molecule has 0 aromatic heterocycles. The van der Waals surface area contributed by atoms with E-state index in [1.54, 1.807) is 0 Å². The second kappa shape index (κ2) is 17.3. The van der Waals surface area contributed by atoms with Crippen molar-refractivity contribution >= 4 is 5.97 Å². The molecule has 0 N–H and O–H groups in total. The van der Waals surface area contributed by atoms with Crippen molar-refractivity contribution in [3.8, 4) is 0 Å². The summed E-state index contributed by atoms with van der Waals surface area (Å²) in [5.74, 6) is 0.796. The highest BCUT2D eigenvalue weighted by molar-refractivity contribution is 5.68. The lowest BCUT2D eigenvalue weighted by atomic mass is 10.00. The molecule has 0 radical (unpaired) electrons. The van der Waals surface area contributed by atoms with E-state index in [2.05, 4.69) is 42.9 Å². The molecule has 23 heavy (non-hydrogen) atoms. The van der Waals surface area contributed by atoms with Crippen molar-refractivity contribution in [1.29, 1.82) is 0 Å². The molecule has 0 unspecified atom stereocenters. The highest BCUT2D eigenvalue weighted by Gasteiger charge is 1.98. The Morgan fingerprint density at radius 1 is 0.870 bits per heavy atom. The molecule has 0 saturated carbocycles. The Morgan fingerprint density at radius 2 is 1.43 bits per heavy atom. The van der Waals surface area contributed by atoms with Crippen LogP contribution in [0.5, 0.6) is 0 Å².